The van der Waals surface area contributed by atoms with Crippen molar-refractivity contribution in [1.29, 1.82) is 0 Å². The van der Waals surface area contributed by atoms with Crippen molar-refractivity contribution >= 4 is 0 Å². The van der Waals surface area contributed by atoms with E-state index in [2.05, 4.69) is 0 Å². The lowest BCUT2D eigenvalue weighted by molar-refractivity contribution is -0.0274. The predicted molar refractivity (Wildman–Crippen MR) is 36.1 cm³/mol. The monoisotopic (exact) mass is 126 g/mol. The molecule has 1 N–H and O–H groups in total. The Morgan fingerprint density at radius 3 is 2.11 bits per heavy atom. The molecule has 0 aromatic heterocycles. The minimum absolute atomic E-state index is 0.0584. The van der Waals surface area contributed by atoms with Gasteiger partial charge in [-0.05, 0) is 31.1 Å². The molecular weight excluding hydrogens is 112 g/mol. The van der Waals surface area contributed by atoms with Crippen LogP contribution < -0.4 is 0 Å². The van der Waals surface area contributed by atoms with E-state index in [0.29, 0.717) is 5.41 Å². The molecule has 9 heavy (non-hydrogen) atoms. The van der Waals surface area contributed by atoms with Crippen LogP contribution in [0.3, 0.4) is 0 Å². The SMILES string of the molecule is OC1CC2(CCCC2)C1. The molecule has 1 heteroatoms. The predicted octanol–water partition coefficient (Wildman–Crippen LogP) is 1.70. The van der Waals surface area contributed by atoms with E-state index in [1.165, 1.54) is 25.7 Å². The molecule has 2 saturated carbocycles. The molecule has 0 radical (unpaired) electrons. The van der Waals surface area contributed by atoms with Crippen LogP contribution in [0.25, 0.3) is 0 Å². The van der Waals surface area contributed by atoms with Crippen LogP contribution in [0, 0.1) is 5.41 Å². The lowest BCUT2D eigenvalue weighted by Crippen LogP contribution is -2.38. The topological polar surface area (TPSA) is 20.2 Å². The van der Waals surface area contributed by atoms with Crippen LogP contribution in [-0.2, 0) is 0 Å². The highest BCUT2D eigenvalue weighted by molar-refractivity contribution is 4.96. The quantitative estimate of drug-likeness (QED) is 0.523. The molecule has 0 heterocycles. The van der Waals surface area contributed by atoms with Crippen LogP contribution in [0.1, 0.15) is 38.5 Å². The molecule has 2 fully saturated rings. The number of aliphatic hydroxyl groups excluding tert-OH is 1. The molecular formula is C8H14O. The van der Waals surface area contributed by atoms with Crippen LogP contribution in [0.4, 0.5) is 0 Å². The second-order valence-electron chi connectivity index (χ2n) is 3.77. The highest BCUT2D eigenvalue weighted by Gasteiger charge is 2.44. The molecule has 0 amide bonds. The highest BCUT2D eigenvalue weighted by atomic mass is 16.3. The summed E-state index contributed by atoms with van der Waals surface area (Å²) >= 11 is 0. The summed E-state index contributed by atoms with van der Waals surface area (Å²) in [5.41, 5.74) is 0.638. The third-order valence-electron chi connectivity index (χ3n) is 3.00. The van der Waals surface area contributed by atoms with Gasteiger partial charge in [-0.1, -0.05) is 12.8 Å². The van der Waals surface area contributed by atoms with Crippen LogP contribution in [0.15, 0.2) is 0 Å². The molecule has 52 valence electrons. The summed E-state index contributed by atoms with van der Waals surface area (Å²) < 4.78 is 0. The van der Waals surface area contributed by atoms with Crippen molar-refractivity contribution in [3.63, 3.8) is 0 Å². The largest absolute Gasteiger partial charge is 0.393 e. The van der Waals surface area contributed by atoms with Gasteiger partial charge in [-0.25, -0.2) is 0 Å². The smallest absolute Gasteiger partial charge is 0.0550 e. The van der Waals surface area contributed by atoms with Crippen molar-refractivity contribution in [3.8, 4) is 0 Å². The maximum atomic E-state index is 9.07. The van der Waals surface area contributed by atoms with Gasteiger partial charge in [0.05, 0.1) is 6.10 Å². The zero-order chi connectivity index (χ0) is 6.32. The van der Waals surface area contributed by atoms with Gasteiger partial charge >= 0.3 is 0 Å². The Bertz CT molecular complexity index is 106. The minimum Gasteiger partial charge on any atom is -0.393 e. The average Bonchev–Trinajstić information content (AvgIpc) is 2.12. The normalized spacial score (nSPS) is 33.0. The maximum Gasteiger partial charge on any atom is 0.0550 e. The van der Waals surface area contributed by atoms with E-state index in [4.69, 9.17) is 5.11 Å². The van der Waals surface area contributed by atoms with Gasteiger partial charge in [0, 0.05) is 0 Å². The molecule has 0 atom stereocenters. The molecule has 0 saturated heterocycles. The summed E-state index contributed by atoms with van der Waals surface area (Å²) in [6, 6.07) is 0. The Labute approximate surface area is 56.1 Å². The lowest BCUT2D eigenvalue weighted by Gasteiger charge is -2.42. The summed E-state index contributed by atoms with van der Waals surface area (Å²) in [7, 11) is 0. The Kier molecular flexibility index (Phi) is 1.10. The van der Waals surface area contributed by atoms with Crippen LogP contribution >= 0.6 is 0 Å². The number of rotatable bonds is 0. The van der Waals surface area contributed by atoms with E-state index in [1.54, 1.807) is 0 Å². The first kappa shape index (κ1) is 5.72. The first-order valence-electron chi connectivity index (χ1n) is 3.99. The summed E-state index contributed by atoms with van der Waals surface area (Å²) in [6.45, 7) is 0. The molecule has 0 aromatic carbocycles. The van der Waals surface area contributed by atoms with Gasteiger partial charge in [-0.2, -0.15) is 0 Å². The van der Waals surface area contributed by atoms with Crippen molar-refractivity contribution in [2.24, 2.45) is 5.41 Å². The van der Waals surface area contributed by atoms with E-state index in [0.717, 1.165) is 12.8 Å². The minimum atomic E-state index is 0.0584. The highest BCUT2D eigenvalue weighted by Crippen LogP contribution is 2.52. The summed E-state index contributed by atoms with van der Waals surface area (Å²) in [6.07, 6.45) is 7.87. The van der Waals surface area contributed by atoms with E-state index >= 15 is 0 Å². The van der Waals surface area contributed by atoms with Gasteiger partial charge in [-0.3, -0.25) is 0 Å². The number of hydrogen-bond donors (Lipinski definition) is 1. The van der Waals surface area contributed by atoms with E-state index in [-0.39, 0.29) is 6.10 Å². The standard InChI is InChI=1S/C8H14O/c9-7-5-8(6-7)3-1-2-4-8/h7,9H,1-6H2. The first-order chi connectivity index (χ1) is 4.31. The molecule has 1 nitrogen and oxygen atoms in total. The van der Waals surface area contributed by atoms with Gasteiger partial charge < -0.3 is 5.11 Å². The molecule has 0 unspecified atom stereocenters. The van der Waals surface area contributed by atoms with Gasteiger partial charge in [0.25, 0.3) is 0 Å². The fourth-order valence-corrected chi connectivity index (χ4v) is 2.47. The average molecular weight is 126 g/mol. The van der Waals surface area contributed by atoms with Gasteiger partial charge in [0.2, 0.25) is 0 Å². The molecule has 0 aromatic rings. The molecule has 1 spiro atoms. The fourth-order valence-electron chi connectivity index (χ4n) is 2.47. The Balaban J connectivity index is 1.95. The molecule has 2 rings (SSSR count). The van der Waals surface area contributed by atoms with E-state index < -0.39 is 0 Å². The molecule has 2 aliphatic carbocycles. The van der Waals surface area contributed by atoms with Crippen LogP contribution in [-0.4, -0.2) is 11.2 Å². The van der Waals surface area contributed by atoms with E-state index in [9.17, 15) is 0 Å². The summed E-state index contributed by atoms with van der Waals surface area (Å²) in [5, 5.41) is 9.07. The van der Waals surface area contributed by atoms with Crippen molar-refractivity contribution < 1.29 is 5.11 Å². The van der Waals surface area contributed by atoms with Crippen molar-refractivity contribution in [1.82, 2.24) is 0 Å². The third kappa shape index (κ3) is 0.787. The van der Waals surface area contributed by atoms with Crippen molar-refractivity contribution in [2.45, 2.75) is 44.6 Å². The van der Waals surface area contributed by atoms with Crippen LogP contribution in [0.2, 0.25) is 0 Å². The van der Waals surface area contributed by atoms with Crippen molar-refractivity contribution in [2.75, 3.05) is 0 Å². The second-order valence-corrected chi connectivity index (χ2v) is 3.77. The van der Waals surface area contributed by atoms with Gasteiger partial charge in [-0.15, -0.1) is 0 Å². The Morgan fingerprint density at radius 2 is 1.67 bits per heavy atom. The molecule has 2 aliphatic rings. The first-order valence-corrected chi connectivity index (χ1v) is 3.99. The summed E-state index contributed by atoms with van der Waals surface area (Å²) in [5.74, 6) is 0. The number of aliphatic hydroxyl groups is 1. The second kappa shape index (κ2) is 1.72. The molecule has 0 aliphatic heterocycles. The zero-order valence-electron chi connectivity index (χ0n) is 5.77. The van der Waals surface area contributed by atoms with Crippen molar-refractivity contribution in [3.05, 3.63) is 0 Å². The molecule has 0 bridgehead atoms. The number of hydrogen-bond acceptors (Lipinski definition) is 1. The Morgan fingerprint density at radius 1 is 1.11 bits per heavy atom. The van der Waals surface area contributed by atoms with Crippen LogP contribution in [0.5, 0.6) is 0 Å². The fraction of sp³-hybridized carbons (Fsp3) is 1.00. The summed E-state index contributed by atoms with van der Waals surface area (Å²) in [4.78, 5) is 0. The van der Waals surface area contributed by atoms with Gasteiger partial charge in [0.1, 0.15) is 0 Å². The third-order valence-corrected chi connectivity index (χ3v) is 3.00. The lowest BCUT2D eigenvalue weighted by atomic mass is 9.66. The Hall–Kier alpha value is -0.0400. The van der Waals surface area contributed by atoms with E-state index in [1.807, 2.05) is 0 Å². The maximum absolute atomic E-state index is 9.07. The zero-order valence-corrected chi connectivity index (χ0v) is 5.77. The van der Waals surface area contributed by atoms with Gasteiger partial charge in [0.15, 0.2) is 0 Å².